The molecule has 4 rings (SSSR count). The van der Waals surface area contributed by atoms with Crippen LogP contribution in [0.3, 0.4) is 0 Å². The van der Waals surface area contributed by atoms with Gasteiger partial charge in [-0.15, -0.1) is 0 Å². The highest BCUT2D eigenvalue weighted by molar-refractivity contribution is 5.94. The monoisotopic (exact) mass is 409 g/mol. The first-order valence-electron chi connectivity index (χ1n) is 9.60. The molecule has 0 unspecified atom stereocenters. The fraction of sp³-hybridized carbons (Fsp3) is 0.273. The zero-order valence-electron chi connectivity index (χ0n) is 16.4. The Morgan fingerprint density at radius 1 is 1.20 bits per heavy atom. The van der Waals surface area contributed by atoms with Gasteiger partial charge in [0.2, 0.25) is 11.9 Å². The Morgan fingerprint density at radius 3 is 2.60 bits per heavy atom. The van der Waals surface area contributed by atoms with Crippen LogP contribution >= 0.6 is 0 Å². The van der Waals surface area contributed by atoms with E-state index in [1.807, 2.05) is 6.07 Å². The third-order valence-corrected chi connectivity index (χ3v) is 5.43. The molecule has 0 saturated heterocycles. The molecule has 1 fully saturated rings. The van der Waals surface area contributed by atoms with Crippen molar-refractivity contribution in [3.05, 3.63) is 71.6 Å². The average Bonchev–Trinajstić information content (AvgIpc) is 2.72. The fourth-order valence-corrected chi connectivity index (χ4v) is 3.79. The summed E-state index contributed by atoms with van der Waals surface area (Å²) in [7, 11) is 0. The second-order valence-corrected chi connectivity index (χ2v) is 7.66. The zero-order valence-corrected chi connectivity index (χ0v) is 16.4. The molecule has 3 aromatic rings. The molecule has 6 nitrogen and oxygen atoms in total. The number of nitrogens with zero attached hydrogens (tertiary/aromatic N) is 3. The van der Waals surface area contributed by atoms with Crippen molar-refractivity contribution in [2.75, 3.05) is 11.9 Å². The van der Waals surface area contributed by atoms with Crippen LogP contribution in [0.5, 0.6) is 0 Å². The number of benzene rings is 1. The first kappa shape index (κ1) is 19.9. The molecule has 0 spiro atoms. The highest BCUT2D eigenvalue weighted by Gasteiger charge is 2.48. The second-order valence-electron chi connectivity index (χ2n) is 7.66. The number of pyridine rings is 1. The van der Waals surface area contributed by atoms with Crippen LogP contribution in [0.1, 0.15) is 34.6 Å². The van der Waals surface area contributed by atoms with E-state index in [1.54, 1.807) is 43.6 Å². The van der Waals surface area contributed by atoms with Crippen molar-refractivity contribution in [3.63, 3.8) is 0 Å². The van der Waals surface area contributed by atoms with Crippen molar-refractivity contribution in [2.45, 2.75) is 31.4 Å². The molecule has 1 aromatic carbocycles. The van der Waals surface area contributed by atoms with E-state index in [0.717, 1.165) is 11.1 Å². The van der Waals surface area contributed by atoms with Gasteiger partial charge in [-0.1, -0.05) is 12.1 Å². The van der Waals surface area contributed by atoms with E-state index in [-0.39, 0.29) is 25.1 Å². The Hall–Kier alpha value is -3.42. The van der Waals surface area contributed by atoms with E-state index in [1.165, 1.54) is 6.07 Å². The van der Waals surface area contributed by atoms with Crippen molar-refractivity contribution in [1.29, 1.82) is 0 Å². The maximum atomic E-state index is 14.4. The Balaban J connectivity index is 1.51. The molecule has 30 heavy (non-hydrogen) atoms. The Morgan fingerprint density at radius 2 is 1.93 bits per heavy atom. The van der Waals surface area contributed by atoms with Crippen LogP contribution in [0.2, 0.25) is 0 Å². The molecule has 2 aromatic heterocycles. The normalized spacial score (nSPS) is 20.4. The molecular formula is C22H21F2N5O. The van der Waals surface area contributed by atoms with E-state index in [4.69, 9.17) is 5.73 Å². The minimum absolute atomic E-state index is 0.200. The predicted octanol–water partition coefficient (Wildman–Crippen LogP) is 3.57. The van der Waals surface area contributed by atoms with Crippen molar-refractivity contribution in [2.24, 2.45) is 5.73 Å². The smallest absolute Gasteiger partial charge is 0.248 e. The fourth-order valence-electron chi connectivity index (χ4n) is 3.79. The van der Waals surface area contributed by atoms with E-state index >= 15 is 0 Å². The molecule has 3 N–H and O–H groups in total. The highest BCUT2D eigenvalue weighted by Crippen LogP contribution is 2.45. The van der Waals surface area contributed by atoms with Crippen LogP contribution in [0.15, 0.2) is 48.8 Å². The standard InChI is InChI=1S/C22H21F2N5O/c1-13-5-6-18(24)19(29-13)22(8-17(23)9-22)12-28-21-26-10-16(11-27-21)14-3-2-4-15(7-14)20(25)30/h2-7,10-11,17H,8-9,12H2,1H3,(H2,25,30)(H,26,27,28). The molecule has 2 heterocycles. The Kier molecular flexibility index (Phi) is 5.15. The molecule has 8 heteroatoms. The lowest BCUT2D eigenvalue weighted by molar-refractivity contribution is 0.0961. The summed E-state index contributed by atoms with van der Waals surface area (Å²) in [5, 5.41) is 3.09. The average molecular weight is 409 g/mol. The number of anilines is 1. The number of hydrogen-bond acceptors (Lipinski definition) is 5. The van der Waals surface area contributed by atoms with Gasteiger partial charge >= 0.3 is 0 Å². The Labute approximate surface area is 172 Å². The van der Waals surface area contributed by atoms with Crippen LogP contribution < -0.4 is 11.1 Å². The summed E-state index contributed by atoms with van der Waals surface area (Å²) in [6, 6.07) is 9.84. The first-order valence-corrected chi connectivity index (χ1v) is 9.60. The summed E-state index contributed by atoms with van der Waals surface area (Å²) in [6.45, 7) is 2.06. The number of nitrogens with one attached hydrogen (secondary N) is 1. The Bertz CT molecular complexity index is 1080. The van der Waals surface area contributed by atoms with E-state index < -0.39 is 23.3 Å². The maximum Gasteiger partial charge on any atom is 0.248 e. The third kappa shape index (κ3) is 3.85. The third-order valence-electron chi connectivity index (χ3n) is 5.43. The molecule has 0 atom stereocenters. The zero-order chi connectivity index (χ0) is 21.3. The molecule has 154 valence electrons. The number of rotatable bonds is 6. The summed E-state index contributed by atoms with van der Waals surface area (Å²) in [4.78, 5) is 24.3. The highest BCUT2D eigenvalue weighted by atomic mass is 19.1. The summed E-state index contributed by atoms with van der Waals surface area (Å²) < 4.78 is 28.1. The summed E-state index contributed by atoms with van der Waals surface area (Å²) >= 11 is 0. The van der Waals surface area contributed by atoms with Gasteiger partial charge in [-0.2, -0.15) is 0 Å². The molecular weight excluding hydrogens is 388 g/mol. The molecule has 1 saturated carbocycles. The lowest BCUT2D eigenvalue weighted by Gasteiger charge is -2.44. The number of carbonyl (C=O) groups is 1. The summed E-state index contributed by atoms with van der Waals surface area (Å²) in [5.41, 5.74) is 7.44. The first-order chi connectivity index (χ1) is 14.4. The van der Waals surface area contributed by atoms with Gasteiger partial charge in [0.15, 0.2) is 0 Å². The minimum atomic E-state index is -0.977. The predicted molar refractivity (Wildman–Crippen MR) is 109 cm³/mol. The molecule has 0 aliphatic heterocycles. The van der Waals surface area contributed by atoms with Gasteiger partial charge in [0.1, 0.15) is 12.0 Å². The number of nitrogens with two attached hydrogens (primary N) is 1. The van der Waals surface area contributed by atoms with Crippen LogP contribution in [0, 0.1) is 12.7 Å². The van der Waals surface area contributed by atoms with Gasteiger partial charge in [-0.05, 0) is 49.6 Å². The molecule has 1 aliphatic carbocycles. The van der Waals surface area contributed by atoms with E-state index in [0.29, 0.717) is 17.2 Å². The van der Waals surface area contributed by atoms with E-state index in [9.17, 15) is 13.6 Å². The SMILES string of the molecule is Cc1ccc(F)c(C2(CNc3ncc(-c4cccc(C(N)=O)c4)cn3)CC(F)C2)n1. The summed E-state index contributed by atoms with van der Waals surface area (Å²) in [6.07, 6.45) is 2.66. The van der Waals surface area contributed by atoms with E-state index in [2.05, 4.69) is 20.3 Å². The molecule has 1 amide bonds. The van der Waals surface area contributed by atoms with Gasteiger partial charge < -0.3 is 11.1 Å². The maximum absolute atomic E-state index is 14.4. The quantitative estimate of drug-likeness (QED) is 0.649. The molecule has 1 aliphatic rings. The summed E-state index contributed by atoms with van der Waals surface area (Å²) in [5.74, 6) is -0.593. The second kappa shape index (κ2) is 7.78. The van der Waals surface area contributed by atoms with Gasteiger partial charge in [0.05, 0.1) is 5.69 Å². The van der Waals surface area contributed by atoms with Crippen molar-refractivity contribution in [3.8, 4) is 11.1 Å². The molecule has 0 bridgehead atoms. The number of aryl methyl sites for hydroxylation is 1. The number of primary amides is 1. The number of amides is 1. The number of halogens is 2. The van der Waals surface area contributed by atoms with Crippen LogP contribution in [-0.4, -0.2) is 33.6 Å². The number of carbonyl (C=O) groups excluding carboxylic acids is 1. The van der Waals surface area contributed by atoms with Gasteiger partial charge in [0.25, 0.3) is 0 Å². The van der Waals surface area contributed by atoms with Crippen molar-refractivity contribution < 1.29 is 13.6 Å². The lowest BCUT2D eigenvalue weighted by Crippen LogP contribution is -2.49. The number of alkyl halides is 1. The minimum Gasteiger partial charge on any atom is -0.366 e. The van der Waals surface area contributed by atoms with Crippen LogP contribution in [-0.2, 0) is 5.41 Å². The van der Waals surface area contributed by atoms with Crippen LogP contribution in [0.25, 0.3) is 11.1 Å². The van der Waals surface area contributed by atoms with Gasteiger partial charge in [-0.25, -0.2) is 18.7 Å². The number of hydrogen-bond donors (Lipinski definition) is 2. The van der Waals surface area contributed by atoms with Gasteiger partial charge in [0, 0.05) is 41.2 Å². The van der Waals surface area contributed by atoms with Crippen LogP contribution in [0.4, 0.5) is 14.7 Å². The molecule has 0 radical (unpaired) electrons. The largest absolute Gasteiger partial charge is 0.366 e. The van der Waals surface area contributed by atoms with Crippen molar-refractivity contribution in [1.82, 2.24) is 15.0 Å². The lowest BCUT2D eigenvalue weighted by atomic mass is 9.65. The topological polar surface area (TPSA) is 93.8 Å². The van der Waals surface area contributed by atoms with Crippen molar-refractivity contribution >= 4 is 11.9 Å². The van der Waals surface area contributed by atoms with Gasteiger partial charge in [-0.3, -0.25) is 9.78 Å². The number of aromatic nitrogens is 3.